The minimum absolute atomic E-state index is 0.0969. The van der Waals surface area contributed by atoms with E-state index in [0.717, 1.165) is 19.4 Å². The van der Waals surface area contributed by atoms with Gasteiger partial charge in [0, 0.05) is 30.9 Å². The Morgan fingerprint density at radius 2 is 1.76 bits per heavy atom. The molecule has 182 valence electrons. The third-order valence-corrected chi connectivity index (χ3v) is 5.28. The van der Waals surface area contributed by atoms with Gasteiger partial charge in [0.1, 0.15) is 5.60 Å². The van der Waals surface area contributed by atoms with E-state index in [1.807, 2.05) is 4.90 Å². The summed E-state index contributed by atoms with van der Waals surface area (Å²) in [4.78, 5) is 50.1. The third-order valence-electron chi connectivity index (χ3n) is 5.28. The quantitative estimate of drug-likeness (QED) is 0.432. The molecule has 2 atom stereocenters. The Hall–Kier alpha value is -3.14. The summed E-state index contributed by atoms with van der Waals surface area (Å²) >= 11 is 0. The Kier molecular flexibility index (Phi) is 9.22. The average Bonchev–Trinajstić information content (AvgIpc) is 2.75. The van der Waals surface area contributed by atoms with Crippen molar-refractivity contribution >= 4 is 29.5 Å². The number of nitrogens with one attached hydrogen (secondary N) is 3. The number of nitrogens with two attached hydrogens (primary N) is 1. The number of likely N-dealkylation sites (tertiary alicyclic amines) is 1. The second-order valence-electron chi connectivity index (χ2n) is 9.16. The van der Waals surface area contributed by atoms with Crippen LogP contribution < -0.4 is 21.7 Å². The molecule has 1 aromatic rings. The summed E-state index contributed by atoms with van der Waals surface area (Å²) in [5.41, 5.74) is 5.60. The fourth-order valence-corrected chi connectivity index (χ4v) is 3.51. The van der Waals surface area contributed by atoms with Crippen LogP contribution in [0.15, 0.2) is 24.3 Å². The highest BCUT2D eigenvalue weighted by Gasteiger charge is 2.30. The SMILES string of the molecule is CC(C(=O)Nc1ccc(C(N)=O)cc1)N1CCCC(C(=O)NCCNC(=O)OC(C)(C)C)C1. The van der Waals surface area contributed by atoms with Crippen molar-refractivity contribution in [2.45, 2.75) is 52.2 Å². The van der Waals surface area contributed by atoms with Crippen LogP contribution in [0.1, 0.15) is 50.9 Å². The highest BCUT2D eigenvalue weighted by atomic mass is 16.6. The van der Waals surface area contributed by atoms with Crippen molar-refractivity contribution < 1.29 is 23.9 Å². The molecule has 1 aromatic carbocycles. The minimum Gasteiger partial charge on any atom is -0.444 e. The Balaban J connectivity index is 1.78. The highest BCUT2D eigenvalue weighted by molar-refractivity contribution is 5.96. The summed E-state index contributed by atoms with van der Waals surface area (Å²) < 4.78 is 5.15. The molecular formula is C23H35N5O5. The number of primary amides is 1. The van der Waals surface area contributed by atoms with Gasteiger partial charge in [-0.15, -0.1) is 0 Å². The molecule has 2 rings (SSSR count). The molecule has 1 aliphatic heterocycles. The van der Waals surface area contributed by atoms with Crippen LogP contribution in [0.4, 0.5) is 10.5 Å². The van der Waals surface area contributed by atoms with Gasteiger partial charge in [0.05, 0.1) is 12.0 Å². The number of amides is 4. The first kappa shape index (κ1) is 26.1. The molecule has 0 aliphatic carbocycles. The van der Waals surface area contributed by atoms with Crippen molar-refractivity contribution in [3.05, 3.63) is 29.8 Å². The van der Waals surface area contributed by atoms with Crippen molar-refractivity contribution in [1.82, 2.24) is 15.5 Å². The van der Waals surface area contributed by atoms with Gasteiger partial charge in [0.2, 0.25) is 17.7 Å². The maximum Gasteiger partial charge on any atom is 0.407 e. The molecule has 0 saturated carbocycles. The van der Waals surface area contributed by atoms with E-state index in [1.165, 1.54) is 0 Å². The molecule has 4 amide bonds. The Morgan fingerprint density at radius 3 is 2.36 bits per heavy atom. The zero-order valence-corrected chi connectivity index (χ0v) is 19.8. The van der Waals surface area contributed by atoms with Crippen LogP contribution in [-0.2, 0) is 14.3 Å². The topological polar surface area (TPSA) is 143 Å². The summed E-state index contributed by atoms with van der Waals surface area (Å²) in [5, 5.41) is 8.28. The number of hydrogen-bond donors (Lipinski definition) is 4. The van der Waals surface area contributed by atoms with Gasteiger partial charge in [-0.2, -0.15) is 0 Å². The molecule has 33 heavy (non-hydrogen) atoms. The number of ether oxygens (including phenoxy) is 1. The smallest absolute Gasteiger partial charge is 0.407 e. The minimum atomic E-state index is -0.575. The van der Waals surface area contributed by atoms with Crippen molar-refractivity contribution in [1.29, 1.82) is 0 Å². The number of anilines is 1. The first-order chi connectivity index (χ1) is 15.5. The number of benzene rings is 1. The van der Waals surface area contributed by atoms with Gasteiger partial charge in [-0.3, -0.25) is 19.3 Å². The highest BCUT2D eigenvalue weighted by Crippen LogP contribution is 2.20. The van der Waals surface area contributed by atoms with Gasteiger partial charge in [-0.1, -0.05) is 0 Å². The maximum absolute atomic E-state index is 12.7. The van der Waals surface area contributed by atoms with E-state index in [1.54, 1.807) is 52.0 Å². The van der Waals surface area contributed by atoms with E-state index in [4.69, 9.17) is 10.5 Å². The van der Waals surface area contributed by atoms with E-state index in [-0.39, 0.29) is 24.3 Å². The lowest BCUT2D eigenvalue weighted by Crippen LogP contribution is -2.50. The van der Waals surface area contributed by atoms with Crippen molar-refractivity contribution in [2.24, 2.45) is 11.7 Å². The van der Waals surface area contributed by atoms with Gasteiger partial charge >= 0.3 is 6.09 Å². The van der Waals surface area contributed by atoms with Gasteiger partial charge in [0.25, 0.3) is 0 Å². The van der Waals surface area contributed by atoms with E-state index < -0.39 is 23.6 Å². The Morgan fingerprint density at radius 1 is 1.12 bits per heavy atom. The summed E-state index contributed by atoms with van der Waals surface area (Å²) in [5.74, 6) is -1.05. The largest absolute Gasteiger partial charge is 0.444 e. The van der Waals surface area contributed by atoms with Crippen LogP contribution in [0.2, 0.25) is 0 Å². The Bertz CT molecular complexity index is 850. The fraction of sp³-hybridized carbons (Fsp3) is 0.565. The molecule has 10 heteroatoms. The molecule has 1 fully saturated rings. The van der Waals surface area contributed by atoms with E-state index >= 15 is 0 Å². The zero-order chi connectivity index (χ0) is 24.6. The molecule has 1 aliphatic rings. The Labute approximate surface area is 194 Å². The lowest BCUT2D eigenvalue weighted by molar-refractivity contribution is -0.129. The third kappa shape index (κ3) is 8.72. The molecule has 0 spiro atoms. The van der Waals surface area contributed by atoms with Crippen molar-refractivity contribution in [3.8, 4) is 0 Å². The normalized spacial score (nSPS) is 17.5. The second-order valence-corrected chi connectivity index (χ2v) is 9.16. The number of nitrogens with zero attached hydrogens (tertiary/aromatic N) is 1. The van der Waals surface area contributed by atoms with Gasteiger partial charge in [-0.25, -0.2) is 4.79 Å². The molecule has 0 bridgehead atoms. The lowest BCUT2D eigenvalue weighted by atomic mass is 9.96. The second kappa shape index (κ2) is 11.6. The summed E-state index contributed by atoms with van der Waals surface area (Å²) in [6.45, 7) is 8.91. The lowest BCUT2D eigenvalue weighted by Gasteiger charge is -2.35. The first-order valence-corrected chi connectivity index (χ1v) is 11.2. The molecule has 0 aromatic heterocycles. The average molecular weight is 462 g/mol. The van der Waals surface area contributed by atoms with Crippen LogP contribution in [-0.4, -0.2) is 66.5 Å². The predicted octanol–water partition coefficient (Wildman–Crippen LogP) is 1.47. The van der Waals surface area contributed by atoms with Gasteiger partial charge in [-0.05, 0) is 71.3 Å². The van der Waals surface area contributed by atoms with Crippen molar-refractivity contribution in [3.63, 3.8) is 0 Å². The number of carbonyl (C=O) groups excluding carboxylic acids is 4. The van der Waals surface area contributed by atoms with E-state index in [0.29, 0.717) is 24.3 Å². The predicted molar refractivity (Wildman–Crippen MR) is 125 cm³/mol. The molecular weight excluding hydrogens is 426 g/mol. The summed E-state index contributed by atoms with van der Waals surface area (Å²) in [6, 6.07) is 5.94. The van der Waals surface area contributed by atoms with Crippen LogP contribution in [0.5, 0.6) is 0 Å². The van der Waals surface area contributed by atoms with Crippen LogP contribution in [0, 0.1) is 5.92 Å². The monoisotopic (exact) mass is 461 g/mol. The molecule has 10 nitrogen and oxygen atoms in total. The summed E-state index contributed by atoms with van der Waals surface area (Å²) in [6.07, 6.45) is 1.02. The molecule has 0 radical (unpaired) electrons. The zero-order valence-electron chi connectivity index (χ0n) is 19.8. The van der Waals surface area contributed by atoms with E-state index in [2.05, 4.69) is 16.0 Å². The van der Waals surface area contributed by atoms with Crippen LogP contribution in [0.25, 0.3) is 0 Å². The first-order valence-electron chi connectivity index (χ1n) is 11.2. The molecule has 5 N–H and O–H groups in total. The number of alkyl carbamates (subject to hydrolysis) is 1. The van der Waals surface area contributed by atoms with Crippen LogP contribution >= 0.6 is 0 Å². The fourth-order valence-electron chi connectivity index (χ4n) is 3.51. The van der Waals surface area contributed by atoms with Gasteiger partial charge in [0.15, 0.2) is 0 Å². The molecule has 1 heterocycles. The number of carbonyl (C=O) groups is 4. The van der Waals surface area contributed by atoms with Gasteiger partial charge < -0.3 is 26.4 Å². The van der Waals surface area contributed by atoms with E-state index in [9.17, 15) is 19.2 Å². The van der Waals surface area contributed by atoms with Crippen LogP contribution in [0.3, 0.4) is 0 Å². The number of rotatable bonds is 8. The molecule has 1 saturated heterocycles. The molecule has 2 unspecified atom stereocenters. The maximum atomic E-state index is 12.7. The number of hydrogen-bond acceptors (Lipinski definition) is 6. The van der Waals surface area contributed by atoms with Crippen molar-refractivity contribution in [2.75, 3.05) is 31.5 Å². The standard InChI is InChI=1S/C23H35N5O5/c1-15(20(30)27-18-9-7-16(8-10-18)19(24)29)28-13-5-6-17(14-28)21(31)25-11-12-26-22(32)33-23(2,3)4/h7-10,15,17H,5-6,11-14H2,1-4H3,(H2,24,29)(H,25,31)(H,26,32)(H,27,30). The summed E-state index contributed by atoms with van der Waals surface area (Å²) in [7, 11) is 0. The number of piperidine rings is 1.